The summed E-state index contributed by atoms with van der Waals surface area (Å²) in [6, 6.07) is 6.64. The minimum Gasteiger partial charge on any atom is -0.383 e. The van der Waals surface area contributed by atoms with Gasteiger partial charge in [-0.3, -0.25) is 18.7 Å². The van der Waals surface area contributed by atoms with Gasteiger partial charge < -0.3 is 11.5 Å². The van der Waals surface area contributed by atoms with Crippen LogP contribution in [0.25, 0.3) is 22.2 Å². The number of anilines is 1. The van der Waals surface area contributed by atoms with Crippen LogP contribution in [0.15, 0.2) is 33.9 Å². The van der Waals surface area contributed by atoms with Crippen molar-refractivity contribution in [2.45, 2.75) is 0 Å². The van der Waals surface area contributed by atoms with Gasteiger partial charge in [0.1, 0.15) is 5.82 Å². The Bertz CT molecular complexity index is 1160. The smallest absolute Gasteiger partial charge is 0.332 e. The molecule has 1 amide bonds. The zero-order valence-corrected chi connectivity index (χ0v) is 14.2. The Morgan fingerprint density at radius 3 is 2.40 bits per heavy atom. The molecule has 0 saturated carbocycles. The van der Waals surface area contributed by atoms with Crippen LogP contribution in [0.2, 0.25) is 5.02 Å². The molecule has 2 aromatic heterocycles. The summed E-state index contributed by atoms with van der Waals surface area (Å²) in [5, 5.41) is 0.341. The number of pyridine rings is 1. The number of fused-ring (bicyclic) bond motifs is 1. The summed E-state index contributed by atoms with van der Waals surface area (Å²) in [6.07, 6.45) is 0. The Morgan fingerprint density at radius 2 is 1.80 bits per heavy atom. The SMILES string of the molecule is Cn1c(=O)c2c(-c3ccccc3Cl)c(C(N)=O)c(N)nc2n(C)c1=O. The maximum Gasteiger partial charge on any atom is 0.332 e. The average Bonchev–Trinajstić information content (AvgIpc) is 2.57. The van der Waals surface area contributed by atoms with Crippen LogP contribution in [0.4, 0.5) is 5.82 Å². The van der Waals surface area contributed by atoms with E-state index in [9.17, 15) is 14.4 Å². The molecule has 0 radical (unpaired) electrons. The third kappa shape index (κ3) is 2.38. The van der Waals surface area contributed by atoms with Crippen molar-refractivity contribution in [3.8, 4) is 11.1 Å². The van der Waals surface area contributed by atoms with Gasteiger partial charge in [-0.25, -0.2) is 9.78 Å². The van der Waals surface area contributed by atoms with Crippen molar-refractivity contribution in [3.05, 3.63) is 55.7 Å². The van der Waals surface area contributed by atoms with Gasteiger partial charge in [0, 0.05) is 30.2 Å². The number of primary amides is 1. The molecule has 0 saturated heterocycles. The number of benzene rings is 1. The summed E-state index contributed by atoms with van der Waals surface area (Å²) in [6.45, 7) is 0. The number of nitrogen functional groups attached to an aromatic ring is 1. The van der Waals surface area contributed by atoms with Crippen molar-refractivity contribution in [2.75, 3.05) is 5.73 Å². The molecule has 0 unspecified atom stereocenters. The second kappa shape index (κ2) is 5.75. The van der Waals surface area contributed by atoms with Gasteiger partial charge >= 0.3 is 5.69 Å². The topological polar surface area (TPSA) is 126 Å². The lowest BCUT2D eigenvalue weighted by Gasteiger charge is -2.16. The van der Waals surface area contributed by atoms with Crippen molar-refractivity contribution < 1.29 is 4.79 Å². The van der Waals surface area contributed by atoms with E-state index in [0.717, 1.165) is 4.57 Å². The summed E-state index contributed by atoms with van der Waals surface area (Å²) in [4.78, 5) is 41.0. The van der Waals surface area contributed by atoms with E-state index >= 15 is 0 Å². The first-order valence-electron chi connectivity index (χ1n) is 7.19. The average molecular weight is 360 g/mol. The number of carbonyl (C=O) groups excluding carboxylic acids is 1. The second-order valence-electron chi connectivity index (χ2n) is 5.50. The van der Waals surface area contributed by atoms with E-state index in [-0.39, 0.29) is 28.0 Å². The fourth-order valence-corrected chi connectivity index (χ4v) is 3.02. The van der Waals surface area contributed by atoms with Crippen molar-refractivity contribution in [1.82, 2.24) is 14.1 Å². The molecular formula is C16H14ClN5O3. The maximum atomic E-state index is 12.8. The minimum atomic E-state index is -0.849. The molecule has 128 valence electrons. The predicted octanol–water partition coefficient (Wildman–Crippen LogP) is 0.634. The highest BCUT2D eigenvalue weighted by Crippen LogP contribution is 2.35. The molecular weight excluding hydrogens is 346 g/mol. The van der Waals surface area contributed by atoms with Crippen molar-refractivity contribution in [1.29, 1.82) is 0 Å². The number of amides is 1. The fourth-order valence-electron chi connectivity index (χ4n) is 2.79. The van der Waals surface area contributed by atoms with E-state index in [1.807, 2.05) is 0 Å². The first kappa shape index (κ1) is 16.7. The molecule has 0 fully saturated rings. The molecule has 2 heterocycles. The van der Waals surface area contributed by atoms with E-state index in [1.54, 1.807) is 24.3 Å². The summed E-state index contributed by atoms with van der Waals surface area (Å²) in [5.41, 5.74) is 10.7. The van der Waals surface area contributed by atoms with E-state index in [0.29, 0.717) is 10.6 Å². The highest BCUT2D eigenvalue weighted by Gasteiger charge is 2.25. The van der Waals surface area contributed by atoms with Gasteiger partial charge in [-0.2, -0.15) is 0 Å². The molecule has 3 aromatic rings. The van der Waals surface area contributed by atoms with E-state index in [4.69, 9.17) is 23.1 Å². The standard InChI is InChI=1S/C16H14ClN5O3/c1-21-14-11(15(24)22(2)16(21)25)9(7-5-3-4-6-8(7)17)10(13(19)23)12(18)20-14/h3-6H,1-2H3,(H2,18,20)(H2,19,23). The Balaban J connectivity index is 2.73. The third-order valence-electron chi connectivity index (χ3n) is 4.01. The summed E-state index contributed by atoms with van der Waals surface area (Å²) >= 11 is 6.26. The summed E-state index contributed by atoms with van der Waals surface area (Å²) in [7, 11) is 2.79. The summed E-state index contributed by atoms with van der Waals surface area (Å²) in [5.74, 6) is -1.03. The first-order chi connectivity index (χ1) is 11.8. The van der Waals surface area contributed by atoms with Gasteiger partial charge in [-0.15, -0.1) is 0 Å². The molecule has 25 heavy (non-hydrogen) atoms. The Kier molecular flexibility index (Phi) is 3.84. The zero-order chi connectivity index (χ0) is 18.5. The normalized spacial score (nSPS) is 11.0. The van der Waals surface area contributed by atoms with Crippen LogP contribution in [0.5, 0.6) is 0 Å². The predicted molar refractivity (Wildman–Crippen MR) is 95.6 cm³/mol. The second-order valence-corrected chi connectivity index (χ2v) is 5.90. The van der Waals surface area contributed by atoms with Gasteiger partial charge in [-0.1, -0.05) is 29.8 Å². The minimum absolute atomic E-state index is 0.0423. The quantitative estimate of drug-likeness (QED) is 0.694. The molecule has 0 aliphatic heterocycles. The monoisotopic (exact) mass is 359 g/mol. The van der Waals surface area contributed by atoms with E-state index in [2.05, 4.69) is 4.98 Å². The molecule has 1 aromatic carbocycles. The number of nitrogens with zero attached hydrogens (tertiary/aromatic N) is 3. The van der Waals surface area contributed by atoms with Crippen LogP contribution < -0.4 is 22.7 Å². The number of hydrogen-bond acceptors (Lipinski definition) is 5. The van der Waals surface area contributed by atoms with Gasteiger partial charge in [0.15, 0.2) is 5.65 Å². The number of rotatable bonds is 2. The Morgan fingerprint density at radius 1 is 1.16 bits per heavy atom. The first-order valence-corrected chi connectivity index (χ1v) is 7.57. The lowest BCUT2D eigenvalue weighted by atomic mass is 9.96. The molecule has 0 spiro atoms. The van der Waals surface area contributed by atoms with E-state index < -0.39 is 17.2 Å². The number of nitrogens with two attached hydrogens (primary N) is 2. The van der Waals surface area contributed by atoms with Crippen molar-refractivity contribution >= 4 is 34.4 Å². The van der Waals surface area contributed by atoms with Gasteiger partial charge in [0.05, 0.1) is 10.9 Å². The van der Waals surface area contributed by atoms with Crippen molar-refractivity contribution in [2.24, 2.45) is 19.8 Å². The van der Waals surface area contributed by atoms with Crippen LogP contribution in [0.1, 0.15) is 10.4 Å². The molecule has 8 nitrogen and oxygen atoms in total. The number of aryl methyl sites for hydroxylation is 1. The largest absolute Gasteiger partial charge is 0.383 e. The van der Waals surface area contributed by atoms with Crippen LogP contribution in [-0.2, 0) is 14.1 Å². The molecule has 0 aliphatic carbocycles. The Hall–Kier alpha value is -3.13. The van der Waals surface area contributed by atoms with Gasteiger partial charge in [0.2, 0.25) is 0 Å². The number of carbonyl (C=O) groups is 1. The lowest BCUT2D eigenvalue weighted by molar-refractivity contribution is 0.100. The lowest BCUT2D eigenvalue weighted by Crippen LogP contribution is -2.38. The molecule has 3 rings (SSSR count). The van der Waals surface area contributed by atoms with Crippen LogP contribution in [0, 0.1) is 0 Å². The third-order valence-corrected chi connectivity index (χ3v) is 4.34. The summed E-state index contributed by atoms with van der Waals surface area (Å²) < 4.78 is 2.10. The molecule has 9 heteroatoms. The molecule has 0 aliphatic rings. The number of halogens is 1. The zero-order valence-electron chi connectivity index (χ0n) is 13.4. The fraction of sp³-hybridized carbons (Fsp3) is 0.125. The highest BCUT2D eigenvalue weighted by molar-refractivity contribution is 6.34. The molecule has 0 atom stereocenters. The van der Waals surface area contributed by atoms with Gasteiger partial charge in [0.25, 0.3) is 11.5 Å². The number of hydrogen-bond donors (Lipinski definition) is 2. The molecule has 0 bridgehead atoms. The van der Waals surface area contributed by atoms with Crippen LogP contribution in [0.3, 0.4) is 0 Å². The maximum absolute atomic E-state index is 12.8. The van der Waals surface area contributed by atoms with Crippen molar-refractivity contribution in [3.63, 3.8) is 0 Å². The molecule has 4 N–H and O–H groups in total. The van der Waals surface area contributed by atoms with Gasteiger partial charge in [-0.05, 0) is 6.07 Å². The van der Waals surface area contributed by atoms with Crippen LogP contribution in [-0.4, -0.2) is 20.0 Å². The number of aromatic nitrogens is 3. The van der Waals surface area contributed by atoms with E-state index in [1.165, 1.54) is 18.7 Å². The Labute approximate surface area is 146 Å². The highest BCUT2D eigenvalue weighted by atomic mass is 35.5. The van der Waals surface area contributed by atoms with Crippen LogP contribution >= 0.6 is 11.6 Å².